The highest BCUT2D eigenvalue weighted by Gasteiger charge is 2.32. The lowest BCUT2D eigenvalue weighted by Gasteiger charge is -2.19. The third-order valence-electron chi connectivity index (χ3n) is 4.39. The summed E-state index contributed by atoms with van der Waals surface area (Å²) in [5.41, 5.74) is -0.351. The van der Waals surface area contributed by atoms with E-state index in [9.17, 15) is 32.3 Å². The smallest absolute Gasteiger partial charge is 0.416 e. The van der Waals surface area contributed by atoms with Crippen molar-refractivity contribution in [1.82, 2.24) is 5.32 Å². The van der Waals surface area contributed by atoms with Crippen molar-refractivity contribution in [2.45, 2.75) is 31.4 Å². The molecule has 4 nitrogen and oxygen atoms in total. The molecule has 0 saturated heterocycles. The molecule has 0 heterocycles. The van der Waals surface area contributed by atoms with E-state index >= 15 is 0 Å². The van der Waals surface area contributed by atoms with Gasteiger partial charge in [-0.3, -0.25) is 9.59 Å². The maximum atomic E-state index is 13.0. The molecule has 0 radical (unpaired) electrons. The van der Waals surface area contributed by atoms with Gasteiger partial charge in [-0.1, -0.05) is 37.3 Å². The molecule has 2 atom stereocenters. The molecule has 0 aliphatic heterocycles. The summed E-state index contributed by atoms with van der Waals surface area (Å²) in [7, 11) is 0. The van der Waals surface area contributed by atoms with Gasteiger partial charge in [0, 0.05) is 6.54 Å². The average Bonchev–Trinajstić information content (AvgIpc) is 2.63. The first-order valence-electron chi connectivity index (χ1n) is 8.56. The van der Waals surface area contributed by atoms with Gasteiger partial charge in [0.05, 0.1) is 17.4 Å². The Balaban J connectivity index is 2.15. The summed E-state index contributed by atoms with van der Waals surface area (Å²) in [6.07, 6.45) is -4.29. The van der Waals surface area contributed by atoms with Crippen molar-refractivity contribution in [3.63, 3.8) is 0 Å². The molecular formula is C20H19F4NO3. The van der Waals surface area contributed by atoms with Gasteiger partial charge in [-0.05, 0) is 35.7 Å². The molecule has 28 heavy (non-hydrogen) atoms. The molecule has 2 unspecified atom stereocenters. The van der Waals surface area contributed by atoms with Gasteiger partial charge in [-0.15, -0.1) is 0 Å². The molecule has 2 rings (SSSR count). The van der Waals surface area contributed by atoms with E-state index < -0.39 is 41.3 Å². The highest BCUT2D eigenvalue weighted by Crippen LogP contribution is 2.32. The molecule has 0 spiro atoms. The number of carbonyl (C=O) groups is 2. The summed E-state index contributed by atoms with van der Waals surface area (Å²) in [5, 5.41) is 11.9. The van der Waals surface area contributed by atoms with Gasteiger partial charge in [-0.2, -0.15) is 13.2 Å². The number of rotatable bonds is 7. The maximum Gasteiger partial charge on any atom is 0.416 e. The largest absolute Gasteiger partial charge is 0.481 e. The molecule has 0 saturated carbocycles. The molecule has 8 heteroatoms. The number of amides is 1. The van der Waals surface area contributed by atoms with E-state index in [1.807, 2.05) is 0 Å². The molecule has 0 aliphatic carbocycles. The summed E-state index contributed by atoms with van der Waals surface area (Å²) in [6, 6.07) is 9.35. The summed E-state index contributed by atoms with van der Waals surface area (Å²) in [4.78, 5) is 24.0. The van der Waals surface area contributed by atoms with Crippen LogP contribution >= 0.6 is 0 Å². The predicted octanol–water partition coefficient (Wildman–Crippen LogP) is 4.32. The summed E-state index contributed by atoms with van der Waals surface area (Å²) >= 11 is 0. The van der Waals surface area contributed by atoms with Crippen molar-refractivity contribution < 1.29 is 32.3 Å². The highest BCUT2D eigenvalue weighted by molar-refractivity contribution is 5.85. The van der Waals surface area contributed by atoms with Crippen molar-refractivity contribution in [3.8, 4) is 0 Å². The second-order valence-electron chi connectivity index (χ2n) is 6.27. The van der Waals surface area contributed by atoms with Gasteiger partial charge in [0.25, 0.3) is 0 Å². The maximum absolute atomic E-state index is 13.0. The van der Waals surface area contributed by atoms with Gasteiger partial charge in [0.1, 0.15) is 5.82 Å². The Hall–Kier alpha value is -2.90. The van der Waals surface area contributed by atoms with Crippen LogP contribution in [-0.4, -0.2) is 23.5 Å². The molecule has 2 aromatic rings. The van der Waals surface area contributed by atoms with E-state index in [0.29, 0.717) is 5.56 Å². The third kappa shape index (κ3) is 5.31. The third-order valence-corrected chi connectivity index (χ3v) is 4.39. The minimum Gasteiger partial charge on any atom is -0.481 e. The minimum absolute atomic E-state index is 0.198. The number of nitrogens with one attached hydrogen (secondary N) is 1. The first-order valence-corrected chi connectivity index (χ1v) is 8.56. The van der Waals surface area contributed by atoms with E-state index in [2.05, 4.69) is 5.32 Å². The number of carboxylic acids is 1. The SMILES string of the molecule is CCC(C(=O)NCC(C(=O)O)c1ccc(F)cc1)c1cccc(C(F)(F)F)c1. The summed E-state index contributed by atoms with van der Waals surface area (Å²) < 4.78 is 51.7. The second kappa shape index (κ2) is 8.86. The number of carbonyl (C=O) groups excluding carboxylic acids is 1. The van der Waals surface area contributed by atoms with E-state index in [1.54, 1.807) is 6.92 Å². The van der Waals surface area contributed by atoms with Crippen LogP contribution in [0.2, 0.25) is 0 Å². The number of hydrogen-bond donors (Lipinski definition) is 2. The Morgan fingerprint density at radius 2 is 1.68 bits per heavy atom. The van der Waals surface area contributed by atoms with Crippen LogP contribution in [-0.2, 0) is 15.8 Å². The van der Waals surface area contributed by atoms with Crippen molar-refractivity contribution in [2.24, 2.45) is 0 Å². The molecule has 0 fully saturated rings. The molecule has 0 aromatic heterocycles. The second-order valence-corrected chi connectivity index (χ2v) is 6.27. The molecular weight excluding hydrogens is 378 g/mol. The summed E-state index contributed by atoms with van der Waals surface area (Å²) in [6.45, 7) is 1.38. The number of hydrogen-bond acceptors (Lipinski definition) is 2. The topological polar surface area (TPSA) is 66.4 Å². The predicted molar refractivity (Wildman–Crippen MR) is 94.3 cm³/mol. The van der Waals surface area contributed by atoms with E-state index in [1.165, 1.54) is 24.3 Å². The van der Waals surface area contributed by atoms with Crippen LogP contribution in [0, 0.1) is 5.82 Å². The van der Waals surface area contributed by atoms with Crippen LogP contribution < -0.4 is 5.32 Å². The Labute approximate surface area is 159 Å². The molecule has 0 aliphatic rings. The van der Waals surface area contributed by atoms with Gasteiger partial charge in [-0.25, -0.2) is 4.39 Å². The van der Waals surface area contributed by atoms with Gasteiger partial charge in [0.2, 0.25) is 5.91 Å². The first-order chi connectivity index (χ1) is 13.1. The fraction of sp³-hybridized carbons (Fsp3) is 0.300. The fourth-order valence-corrected chi connectivity index (χ4v) is 2.87. The number of carboxylic acid groups (broad SMARTS) is 1. The van der Waals surface area contributed by atoms with E-state index in [0.717, 1.165) is 24.3 Å². The number of benzene rings is 2. The first kappa shape index (κ1) is 21.4. The van der Waals surface area contributed by atoms with Crippen LogP contribution in [0.3, 0.4) is 0 Å². The van der Waals surface area contributed by atoms with Crippen LogP contribution in [0.25, 0.3) is 0 Å². The lowest BCUT2D eigenvalue weighted by atomic mass is 9.93. The Bertz CT molecular complexity index is 834. The lowest BCUT2D eigenvalue weighted by Crippen LogP contribution is -2.35. The van der Waals surface area contributed by atoms with Gasteiger partial charge < -0.3 is 10.4 Å². The minimum atomic E-state index is -4.53. The van der Waals surface area contributed by atoms with Crippen LogP contribution in [0.4, 0.5) is 17.6 Å². The number of aliphatic carboxylic acids is 1. The fourth-order valence-electron chi connectivity index (χ4n) is 2.87. The Morgan fingerprint density at radius 3 is 2.21 bits per heavy atom. The molecule has 0 bridgehead atoms. The summed E-state index contributed by atoms with van der Waals surface area (Å²) in [5.74, 6) is -4.27. The monoisotopic (exact) mass is 397 g/mol. The van der Waals surface area contributed by atoms with Crippen molar-refractivity contribution in [1.29, 1.82) is 0 Å². The zero-order valence-electron chi connectivity index (χ0n) is 15.0. The molecule has 2 aromatic carbocycles. The number of alkyl halides is 3. The van der Waals surface area contributed by atoms with Crippen molar-refractivity contribution in [3.05, 3.63) is 71.0 Å². The zero-order chi connectivity index (χ0) is 20.9. The van der Waals surface area contributed by atoms with Crippen molar-refractivity contribution in [2.75, 3.05) is 6.54 Å². The normalized spacial score (nSPS) is 13.6. The van der Waals surface area contributed by atoms with E-state index in [-0.39, 0.29) is 18.5 Å². The number of halogens is 4. The molecule has 150 valence electrons. The standard InChI is InChI=1S/C20H19F4NO3/c1-2-16(13-4-3-5-14(10-13)20(22,23)24)18(26)25-11-17(19(27)28)12-6-8-15(21)9-7-12/h3-10,16-17H,2,11H2,1H3,(H,25,26)(H,27,28). The molecule has 1 amide bonds. The Kier molecular flexibility index (Phi) is 6.77. The Morgan fingerprint density at radius 1 is 1.04 bits per heavy atom. The van der Waals surface area contributed by atoms with Crippen LogP contribution in [0.15, 0.2) is 48.5 Å². The average molecular weight is 397 g/mol. The van der Waals surface area contributed by atoms with Crippen LogP contribution in [0.5, 0.6) is 0 Å². The lowest BCUT2D eigenvalue weighted by molar-refractivity contribution is -0.139. The zero-order valence-corrected chi connectivity index (χ0v) is 15.0. The quantitative estimate of drug-likeness (QED) is 0.684. The van der Waals surface area contributed by atoms with Gasteiger partial charge >= 0.3 is 12.1 Å². The highest BCUT2D eigenvalue weighted by atomic mass is 19.4. The van der Waals surface area contributed by atoms with Crippen molar-refractivity contribution >= 4 is 11.9 Å². The van der Waals surface area contributed by atoms with Crippen LogP contribution in [0.1, 0.15) is 41.9 Å². The van der Waals surface area contributed by atoms with E-state index in [4.69, 9.17) is 0 Å². The van der Waals surface area contributed by atoms with Gasteiger partial charge in [0.15, 0.2) is 0 Å². The molecule has 2 N–H and O–H groups in total.